The number of phenols is 1. The Bertz CT molecular complexity index is 961. The van der Waals surface area contributed by atoms with Crippen LogP contribution in [0.2, 0.25) is 0 Å². The highest BCUT2D eigenvalue weighted by atomic mass is 16.6. The van der Waals surface area contributed by atoms with Crippen LogP contribution in [-0.2, 0) is 6.61 Å². The van der Waals surface area contributed by atoms with E-state index in [1.54, 1.807) is 12.1 Å². The molecule has 3 N–H and O–H groups in total. The first-order valence-corrected chi connectivity index (χ1v) is 7.20. The lowest BCUT2D eigenvalue weighted by Gasteiger charge is -2.12. The molecule has 0 unspecified atom stereocenters. The van der Waals surface area contributed by atoms with Crippen LogP contribution in [0.15, 0.2) is 36.7 Å². The number of aliphatic hydroxyl groups excluding tert-OH is 1. The molecular weight excluding hydrogens is 328 g/mol. The molecule has 3 rings (SSSR count). The van der Waals surface area contributed by atoms with Gasteiger partial charge in [0.1, 0.15) is 29.3 Å². The molecule has 1 aromatic heterocycles. The quantitative estimate of drug-likeness (QED) is 0.366. The molecule has 0 radical (unpaired) electrons. The van der Waals surface area contributed by atoms with Crippen LogP contribution in [0.5, 0.6) is 11.5 Å². The monoisotopic (exact) mass is 342 g/mol. The summed E-state index contributed by atoms with van der Waals surface area (Å²) >= 11 is 0. The van der Waals surface area contributed by atoms with Gasteiger partial charge in [-0.2, -0.15) is 0 Å². The second kappa shape index (κ2) is 6.57. The van der Waals surface area contributed by atoms with Crippen molar-refractivity contribution in [1.29, 1.82) is 0 Å². The molecule has 2 aromatic carbocycles. The van der Waals surface area contributed by atoms with Gasteiger partial charge in [0.05, 0.1) is 30.2 Å². The van der Waals surface area contributed by atoms with Crippen molar-refractivity contribution in [3.8, 4) is 11.5 Å². The second-order valence-corrected chi connectivity index (χ2v) is 5.15. The van der Waals surface area contributed by atoms with E-state index in [4.69, 9.17) is 4.74 Å². The van der Waals surface area contributed by atoms with E-state index in [1.807, 2.05) is 0 Å². The minimum absolute atomic E-state index is 0.174. The number of methoxy groups -OCH3 is 1. The third-order valence-electron chi connectivity index (χ3n) is 3.64. The summed E-state index contributed by atoms with van der Waals surface area (Å²) in [7, 11) is 1.47. The van der Waals surface area contributed by atoms with Crippen LogP contribution in [0.1, 0.15) is 5.56 Å². The summed E-state index contributed by atoms with van der Waals surface area (Å²) in [5.74, 6) is 0.577. The number of nitro benzene ring substituents is 1. The zero-order chi connectivity index (χ0) is 18.0. The first kappa shape index (κ1) is 16.4. The smallest absolute Gasteiger partial charge is 0.296 e. The summed E-state index contributed by atoms with van der Waals surface area (Å²) in [5.41, 5.74) is 0.998. The lowest BCUT2D eigenvalue weighted by molar-refractivity contribution is -0.384. The van der Waals surface area contributed by atoms with E-state index in [-0.39, 0.29) is 23.7 Å². The Labute approximate surface area is 141 Å². The van der Waals surface area contributed by atoms with E-state index in [1.165, 1.54) is 25.6 Å². The number of fused-ring (bicyclic) bond motifs is 1. The lowest BCUT2D eigenvalue weighted by Crippen LogP contribution is -2.01. The molecule has 0 saturated heterocycles. The van der Waals surface area contributed by atoms with Crippen LogP contribution in [0, 0.1) is 10.1 Å². The van der Waals surface area contributed by atoms with Crippen molar-refractivity contribution in [1.82, 2.24) is 9.97 Å². The van der Waals surface area contributed by atoms with E-state index in [0.717, 1.165) is 6.07 Å². The van der Waals surface area contributed by atoms with Gasteiger partial charge in [-0.3, -0.25) is 10.1 Å². The highest BCUT2D eigenvalue weighted by Crippen LogP contribution is 2.34. The van der Waals surface area contributed by atoms with Crippen LogP contribution in [0.3, 0.4) is 0 Å². The van der Waals surface area contributed by atoms with E-state index in [0.29, 0.717) is 28.0 Å². The molecule has 0 spiro atoms. The minimum atomic E-state index is -0.601. The molecule has 0 saturated carbocycles. The summed E-state index contributed by atoms with van der Waals surface area (Å²) in [6.07, 6.45) is 1.31. The number of aromatic hydroxyl groups is 1. The Balaban J connectivity index is 2.12. The summed E-state index contributed by atoms with van der Waals surface area (Å²) < 4.78 is 5.24. The summed E-state index contributed by atoms with van der Waals surface area (Å²) in [6, 6.07) is 7.09. The predicted molar refractivity (Wildman–Crippen MR) is 90.1 cm³/mol. The number of anilines is 2. The van der Waals surface area contributed by atoms with Crippen molar-refractivity contribution in [2.75, 3.05) is 12.4 Å². The van der Waals surface area contributed by atoms with E-state index in [9.17, 15) is 20.3 Å². The number of nitro groups is 1. The van der Waals surface area contributed by atoms with Crippen molar-refractivity contribution in [3.63, 3.8) is 0 Å². The maximum atomic E-state index is 11.2. The van der Waals surface area contributed by atoms with Crippen LogP contribution >= 0.6 is 0 Å². The third-order valence-corrected chi connectivity index (χ3v) is 3.64. The molecular formula is C16H14N4O5. The van der Waals surface area contributed by atoms with Gasteiger partial charge in [0.15, 0.2) is 0 Å². The maximum absolute atomic E-state index is 11.2. The molecule has 25 heavy (non-hydrogen) atoms. The molecule has 0 bridgehead atoms. The highest BCUT2D eigenvalue weighted by Gasteiger charge is 2.17. The number of benzene rings is 2. The van der Waals surface area contributed by atoms with Crippen LogP contribution in [-0.4, -0.2) is 32.2 Å². The number of aromatic nitrogens is 2. The lowest BCUT2D eigenvalue weighted by atomic mass is 10.1. The third kappa shape index (κ3) is 3.12. The van der Waals surface area contributed by atoms with Crippen LogP contribution < -0.4 is 10.1 Å². The Morgan fingerprint density at radius 1 is 1.28 bits per heavy atom. The zero-order valence-corrected chi connectivity index (χ0v) is 13.1. The fourth-order valence-corrected chi connectivity index (χ4v) is 2.44. The first-order chi connectivity index (χ1) is 12.0. The van der Waals surface area contributed by atoms with Crippen molar-refractivity contribution < 1.29 is 19.9 Å². The fraction of sp³-hybridized carbons (Fsp3) is 0.125. The summed E-state index contributed by atoms with van der Waals surface area (Å²) in [5, 5.41) is 33.5. The molecule has 0 amide bonds. The van der Waals surface area contributed by atoms with Gasteiger partial charge in [-0.25, -0.2) is 9.97 Å². The number of nitrogens with one attached hydrogen (secondary N) is 1. The van der Waals surface area contributed by atoms with Crippen LogP contribution in [0.4, 0.5) is 17.2 Å². The predicted octanol–water partition coefficient (Wildman–Crippen LogP) is 2.49. The molecule has 1 heterocycles. The zero-order valence-electron chi connectivity index (χ0n) is 13.1. The number of aliphatic hydroxyl groups is 1. The molecule has 0 aliphatic rings. The van der Waals surface area contributed by atoms with Gasteiger partial charge < -0.3 is 20.3 Å². The van der Waals surface area contributed by atoms with E-state index in [2.05, 4.69) is 15.3 Å². The number of hydrogen-bond acceptors (Lipinski definition) is 8. The molecule has 0 aliphatic carbocycles. The van der Waals surface area contributed by atoms with Crippen LogP contribution in [0.25, 0.3) is 10.9 Å². The van der Waals surface area contributed by atoms with Gasteiger partial charge in [-0.15, -0.1) is 0 Å². The number of phenolic OH excluding ortho intramolecular Hbond substituents is 1. The number of ether oxygens (including phenoxy) is 1. The van der Waals surface area contributed by atoms with Gasteiger partial charge in [0, 0.05) is 10.9 Å². The Morgan fingerprint density at radius 2 is 2.08 bits per heavy atom. The highest BCUT2D eigenvalue weighted by molar-refractivity contribution is 5.93. The summed E-state index contributed by atoms with van der Waals surface area (Å²) in [6.45, 7) is -0.213. The molecule has 9 nitrogen and oxygen atoms in total. The van der Waals surface area contributed by atoms with Gasteiger partial charge in [0.25, 0.3) is 5.69 Å². The SMILES string of the molecule is COc1cc2c(Nc3ccc(O)cc3[N+](=O)[O-])ncnc2cc1CO. The average Bonchev–Trinajstić information content (AvgIpc) is 2.62. The standard InChI is InChI=1S/C16H14N4O5/c1-25-15-6-11-13(4-9(15)7-21)17-8-18-16(11)19-12-3-2-10(22)5-14(12)20(23)24/h2-6,8,21-22H,7H2,1H3,(H,17,18,19). The normalized spacial score (nSPS) is 10.6. The minimum Gasteiger partial charge on any atom is -0.508 e. The first-order valence-electron chi connectivity index (χ1n) is 7.20. The van der Waals surface area contributed by atoms with Gasteiger partial charge >= 0.3 is 0 Å². The molecule has 0 aliphatic heterocycles. The largest absolute Gasteiger partial charge is 0.508 e. The Kier molecular flexibility index (Phi) is 4.31. The van der Waals surface area contributed by atoms with Gasteiger partial charge in [0.2, 0.25) is 0 Å². The number of nitrogens with zero attached hydrogens (tertiary/aromatic N) is 3. The van der Waals surface area contributed by atoms with E-state index >= 15 is 0 Å². The van der Waals surface area contributed by atoms with Crippen molar-refractivity contribution in [2.45, 2.75) is 6.61 Å². The maximum Gasteiger partial charge on any atom is 0.296 e. The van der Waals surface area contributed by atoms with E-state index < -0.39 is 4.92 Å². The van der Waals surface area contributed by atoms with Gasteiger partial charge in [-0.05, 0) is 24.3 Å². The molecule has 128 valence electrons. The molecule has 0 atom stereocenters. The topological polar surface area (TPSA) is 131 Å². The summed E-state index contributed by atoms with van der Waals surface area (Å²) in [4.78, 5) is 18.9. The number of hydrogen-bond donors (Lipinski definition) is 3. The van der Waals surface area contributed by atoms with Crippen molar-refractivity contribution in [3.05, 3.63) is 52.3 Å². The second-order valence-electron chi connectivity index (χ2n) is 5.15. The van der Waals surface area contributed by atoms with Gasteiger partial charge in [-0.1, -0.05) is 0 Å². The molecule has 0 fully saturated rings. The van der Waals surface area contributed by atoms with Crippen molar-refractivity contribution >= 4 is 28.1 Å². The molecule has 9 heteroatoms. The Hall–Kier alpha value is -3.46. The molecule has 3 aromatic rings. The number of rotatable bonds is 5. The Morgan fingerprint density at radius 3 is 2.76 bits per heavy atom. The fourth-order valence-electron chi connectivity index (χ4n) is 2.44. The average molecular weight is 342 g/mol. The van der Waals surface area contributed by atoms with Crippen molar-refractivity contribution in [2.24, 2.45) is 0 Å².